The molecule has 4 unspecified atom stereocenters. The molecule has 0 aromatic heterocycles. The van der Waals surface area contributed by atoms with Crippen LogP contribution in [0.1, 0.15) is 331 Å². The summed E-state index contributed by atoms with van der Waals surface area (Å²) >= 11 is 0. The first kappa shape index (κ1) is 87.5. The second-order valence-electron chi connectivity index (χ2n) is 26.1. The number of ether oxygens (including phenoxy) is 4. The first-order chi connectivity index (χ1) is 43.3. The molecule has 0 heterocycles. The molecular formula is C71H134O17P2. The van der Waals surface area contributed by atoms with Gasteiger partial charge in [0.2, 0.25) is 0 Å². The van der Waals surface area contributed by atoms with Gasteiger partial charge in [0.05, 0.1) is 26.4 Å². The molecular weight excluding hydrogens is 1190 g/mol. The third-order valence-corrected chi connectivity index (χ3v) is 18.0. The lowest BCUT2D eigenvalue weighted by atomic mass is 9.99. The van der Waals surface area contributed by atoms with E-state index in [1.165, 1.54) is 116 Å². The summed E-state index contributed by atoms with van der Waals surface area (Å²) in [6.07, 6.45) is 48.1. The van der Waals surface area contributed by atoms with E-state index < -0.39 is 97.5 Å². The van der Waals surface area contributed by atoms with Crippen molar-refractivity contribution in [2.24, 2.45) is 17.8 Å². The van der Waals surface area contributed by atoms with E-state index in [-0.39, 0.29) is 25.7 Å². The highest BCUT2D eigenvalue weighted by Gasteiger charge is 2.30. The minimum absolute atomic E-state index is 0.0971. The van der Waals surface area contributed by atoms with Crippen LogP contribution in [-0.4, -0.2) is 96.7 Å². The third-order valence-electron chi connectivity index (χ3n) is 16.1. The number of hydrogen-bond acceptors (Lipinski definition) is 15. The van der Waals surface area contributed by atoms with Crippen LogP contribution in [0, 0.1) is 17.8 Å². The fraction of sp³-hybridized carbons (Fsp3) is 0.887. The van der Waals surface area contributed by atoms with Gasteiger partial charge in [-0.1, -0.05) is 278 Å². The Kier molecular flexibility index (Phi) is 59.7. The van der Waals surface area contributed by atoms with Crippen molar-refractivity contribution in [2.75, 3.05) is 39.6 Å². The van der Waals surface area contributed by atoms with Crippen LogP contribution in [0.25, 0.3) is 0 Å². The summed E-state index contributed by atoms with van der Waals surface area (Å²) in [4.78, 5) is 72.5. The molecule has 0 rings (SSSR count). The number of hydrogen-bond donors (Lipinski definition) is 3. The molecule has 0 bridgehead atoms. The first-order valence-corrected chi connectivity index (χ1v) is 39.2. The summed E-state index contributed by atoms with van der Waals surface area (Å²) < 4.78 is 68.2. The van der Waals surface area contributed by atoms with Gasteiger partial charge in [-0.05, 0) is 69.1 Å². The quantitative estimate of drug-likeness (QED) is 0.0169. The standard InChI is InChI=1S/C71H134O17P2/c1-8-10-11-12-13-14-15-16-17-18-19-23-31-38-45-52-68(73)81-58-66(88-71(76)55-48-41-33-26-25-28-35-42-49-62(3)4)60-85-89(77,78)83-56-65(72)57-84-90(79,80)86-61-67(59-82-69(74)53-46-39-34-27-29-36-43-50-63(5)6)87-70(75)54-47-40-32-24-21-20-22-30-37-44-51-64(7)9-2/h14-17,62-67,72H,8-13,18-61H2,1-7H3,(H,77,78)(H,79,80)/b15-14-,17-16-/t64?,65?,66-,67-/m1/s1. The van der Waals surface area contributed by atoms with Gasteiger partial charge in [0.25, 0.3) is 0 Å². The van der Waals surface area contributed by atoms with E-state index in [2.05, 4.69) is 72.8 Å². The molecule has 0 aromatic carbocycles. The van der Waals surface area contributed by atoms with Crippen molar-refractivity contribution in [3.05, 3.63) is 24.3 Å². The molecule has 0 amide bonds. The predicted octanol–water partition coefficient (Wildman–Crippen LogP) is 19.8. The van der Waals surface area contributed by atoms with E-state index in [1.807, 2.05) is 0 Å². The predicted molar refractivity (Wildman–Crippen MR) is 363 cm³/mol. The van der Waals surface area contributed by atoms with E-state index in [9.17, 15) is 43.2 Å². The fourth-order valence-electron chi connectivity index (χ4n) is 10.1. The molecule has 0 saturated carbocycles. The van der Waals surface area contributed by atoms with Crippen molar-refractivity contribution in [2.45, 2.75) is 349 Å². The number of esters is 4. The Morgan fingerprint density at radius 2 is 0.656 bits per heavy atom. The Bertz CT molecular complexity index is 1860. The number of carbonyl (C=O) groups is 4. The number of allylic oxidation sites excluding steroid dienone is 4. The third kappa shape index (κ3) is 63.0. The largest absolute Gasteiger partial charge is 0.472 e. The first-order valence-electron chi connectivity index (χ1n) is 36.2. The Labute approximate surface area is 548 Å². The summed E-state index contributed by atoms with van der Waals surface area (Å²) in [6, 6.07) is 0. The Balaban J connectivity index is 5.28. The highest BCUT2D eigenvalue weighted by molar-refractivity contribution is 7.47. The Morgan fingerprint density at radius 3 is 0.989 bits per heavy atom. The second kappa shape index (κ2) is 61.4. The monoisotopic (exact) mass is 1320 g/mol. The van der Waals surface area contributed by atoms with Crippen LogP contribution in [0.3, 0.4) is 0 Å². The lowest BCUT2D eigenvalue weighted by molar-refractivity contribution is -0.161. The highest BCUT2D eigenvalue weighted by Crippen LogP contribution is 2.45. The van der Waals surface area contributed by atoms with Gasteiger partial charge in [0, 0.05) is 25.7 Å². The molecule has 19 heteroatoms. The molecule has 0 fully saturated rings. The number of aliphatic hydroxyl groups excluding tert-OH is 1. The van der Waals surface area contributed by atoms with Crippen LogP contribution in [0.4, 0.5) is 0 Å². The van der Waals surface area contributed by atoms with E-state index in [4.69, 9.17) is 37.0 Å². The molecule has 0 aliphatic rings. The van der Waals surface area contributed by atoms with Crippen molar-refractivity contribution < 1.29 is 80.2 Å². The maximum atomic E-state index is 13.0. The maximum Gasteiger partial charge on any atom is 0.472 e. The second-order valence-corrected chi connectivity index (χ2v) is 29.0. The molecule has 17 nitrogen and oxygen atoms in total. The molecule has 0 radical (unpaired) electrons. The Hall–Kier alpha value is -2.46. The molecule has 0 aliphatic carbocycles. The summed E-state index contributed by atoms with van der Waals surface area (Å²) in [5.41, 5.74) is 0. The molecule has 90 heavy (non-hydrogen) atoms. The topological polar surface area (TPSA) is 237 Å². The molecule has 0 aliphatic heterocycles. The van der Waals surface area contributed by atoms with E-state index >= 15 is 0 Å². The van der Waals surface area contributed by atoms with E-state index in [0.717, 1.165) is 121 Å². The number of rotatable bonds is 67. The normalized spacial score (nSPS) is 14.7. The zero-order valence-corrected chi connectivity index (χ0v) is 59.9. The number of phosphoric acid groups is 2. The van der Waals surface area contributed by atoms with Crippen molar-refractivity contribution >= 4 is 39.5 Å². The summed E-state index contributed by atoms with van der Waals surface area (Å²) in [7, 11) is -9.91. The molecule has 3 N–H and O–H groups in total. The summed E-state index contributed by atoms with van der Waals surface area (Å²) in [5, 5.41) is 10.6. The summed E-state index contributed by atoms with van der Waals surface area (Å²) in [5.74, 6) is 0.0617. The van der Waals surface area contributed by atoms with Crippen LogP contribution < -0.4 is 0 Å². The van der Waals surface area contributed by atoms with Crippen molar-refractivity contribution in [3.63, 3.8) is 0 Å². The number of aliphatic hydroxyl groups is 1. The average molecular weight is 1320 g/mol. The van der Waals surface area contributed by atoms with Gasteiger partial charge in [0.15, 0.2) is 12.2 Å². The van der Waals surface area contributed by atoms with Crippen LogP contribution in [0.15, 0.2) is 24.3 Å². The van der Waals surface area contributed by atoms with Crippen molar-refractivity contribution in [1.82, 2.24) is 0 Å². The van der Waals surface area contributed by atoms with Crippen LogP contribution in [-0.2, 0) is 65.4 Å². The smallest absolute Gasteiger partial charge is 0.462 e. The van der Waals surface area contributed by atoms with Gasteiger partial charge in [-0.2, -0.15) is 0 Å². The lowest BCUT2D eigenvalue weighted by Crippen LogP contribution is -2.30. The van der Waals surface area contributed by atoms with Crippen molar-refractivity contribution in [3.8, 4) is 0 Å². The molecule has 0 spiro atoms. The van der Waals surface area contributed by atoms with Crippen LogP contribution in [0.2, 0.25) is 0 Å². The van der Waals surface area contributed by atoms with Crippen molar-refractivity contribution in [1.29, 1.82) is 0 Å². The number of carbonyl (C=O) groups excluding carboxylic acids is 4. The minimum atomic E-state index is -4.96. The van der Waals surface area contributed by atoms with Gasteiger partial charge in [-0.3, -0.25) is 37.3 Å². The Morgan fingerprint density at radius 1 is 0.367 bits per heavy atom. The maximum absolute atomic E-state index is 13.0. The SMILES string of the molecule is CCCCCC/C=C\C=C/CCCCCCCC(=O)OC[C@H](COP(=O)(O)OCC(O)COP(=O)(O)OC[C@@H](COC(=O)CCCCCCCCCC(C)C)OC(=O)CCCCCCCCCCCCC(C)CC)OC(=O)CCCCCCCCCCC(C)C. The lowest BCUT2D eigenvalue weighted by Gasteiger charge is -2.21. The minimum Gasteiger partial charge on any atom is -0.462 e. The fourth-order valence-corrected chi connectivity index (χ4v) is 11.7. The van der Waals surface area contributed by atoms with Gasteiger partial charge in [-0.25, -0.2) is 9.13 Å². The van der Waals surface area contributed by atoms with E-state index in [0.29, 0.717) is 37.5 Å². The highest BCUT2D eigenvalue weighted by atomic mass is 31.2. The van der Waals surface area contributed by atoms with Crippen LogP contribution >= 0.6 is 15.6 Å². The van der Waals surface area contributed by atoms with Gasteiger partial charge >= 0.3 is 39.5 Å². The molecule has 530 valence electrons. The summed E-state index contributed by atoms with van der Waals surface area (Å²) in [6.45, 7) is 11.7. The number of unbranched alkanes of at least 4 members (excludes halogenated alkanes) is 31. The van der Waals surface area contributed by atoms with E-state index in [1.54, 1.807) is 0 Å². The van der Waals surface area contributed by atoms with Gasteiger partial charge in [0.1, 0.15) is 19.3 Å². The molecule has 0 saturated heterocycles. The number of phosphoric ester groups is 2. The van der Waals surface area contributed by atoms with Gasteiger partial charge in [-0.15, -0.1) is 0 Å². The zero-order valence-electron chi connectivity index (χ0n) is 58.1. The zero-order chi connectivity index (χ0) is 66.6. The van der Waals surface area contributed by atoms with Gasteiger partial charge < -0.3 is 33.8 Å². The average Bonchev–Trinajstić information content (AvgIpc) is 3.72. The van der Waals surface area contributed by atoms with Crippen LogP contribution in [0.5, 0.6) is 0 Å². The molecule has 6 atom stereocenters. The molecule has 0 aromatic rings.